The summed E-state index contributed by atoms with van der Waals surface area (Å²) in [5, 5.41) is 3.29. The number of aromatic nitrogens is 2. The van der Waals surface area contributed by atoms with E-state index < -0.39 is 6.64 Å². The molecule has 0 aliphatic heterocycles. The Morgan fingerprint density at radius 3 is 2.53 bits per heavy atom. The number of rotatable bonds is 7. The normalized spacial score (nSPS) is 21.9. The quantitative estimate of drug-likeness (QED) is 0.781. The molecule has 1 heterocycles. The van der Waals surface area contributed by atoms with Crippen LogP contribution < -0.4 is 9.61 Å². The van der Waals surface area contributed by atoms with Gasteiger partial charge in [0.2, 0.25) is 0 Å². The first-order valence-electron chi connectivity index (χ1n) is 6.72. The van der Waals surface area contributed by atoms with Gasteiger partial charge in [-0.05, 0) is 44.4 Å². The van der Waals surface area contributed by atoms with Gasteiger partial charge in [-0.1, -0.05) is 0 Å². The van der Waals surface area contributed by atoms with Crippen LogP contribution in [-0.2, 0) is 16.3 Å². The third-order valence-electron chi connectivity index (χ3n) is 3.03. The Hall–Kier alpha value is -0.550. The molecule has 1 atom stereocenters. The van der Waals surface area contributed by atoms with E-state index in [1.165, 1.54) is 12.8 Å². The molecule has 2 aliphatic carbocycles. The molecule has 2 aliphatic rings. The highest BCUT2D eigenvalue weighted by Crippen LogP contribution is 2.47. The Kier molecular flexibility index (Phi) is 3.85. The Bertz CT molecular complexity index is 488. The maximum Gasteiger partial charge on any atom is 0.313 e. The highest BCUT2D eigenvalue weighted by molar-refractivity contribution is 8.09. The molecule has 0 bridgehead atoms. The van der Waals surface area contributed by atoms with Gasteiger partial charge in [-0.25, -0.2) is 15.1 Å². The van der Waals surface area contributed by atoms with Crippen LogP contribution in [0.25, 0.3) is 0 Å². The van der Waals surface area contributed by atoms with Crippen LogP contribution in [0.5, 0.6) is 5.75 Å². The molecule has 7 heteroatoms. The van der Waals surface area contributed by atoms with E-state index in [9.17, 15) is 0 Å². The van der Waals surface area contributed by atoms with Crippen LogP contribution in [0.1, 0.15) is 44.3 Å². The van der Waals surface area contributed by atoms with Crippen molar-refractivity contribution in [3.05, 3.63) is 18.2 Å². The molecular formula is C12H18N3O2PS. The lowest BCUT2D eigenvalue weighted by atomic mass is 10.4. The summed E-state index contributed by atoms with van der Waals surface area (Å²) in [6.45, 7) is 0.00725. The number of hydrogen-bond acceptors (Lipinski definition) is 5. The summed E-state index contributed by atoms with van der Waals surface area (Å²) < 4.78 is 11.4. The predicted molar refractivity (Wildman–Crippen MR) is 76.7 cm³/mol. The lowest BCUT2D eigenvalue weighted by Crippen LogP contribution is -2.18. The fourth-order valence-electron chi connectivity index (χ4n) is 1.76. The molecule has 1 aromatic heterocycles. The molecule has 2 saturated carbocycles. The Morgan fingerprint density at radius 1 is 1.32 bits per heavy atom. The maximum atomic E-state index is 5.82. The molecular weight excluding hydrogens is 281 g/mol. The Balaban J connectivity index is 1.67. The van der Waals surface area contributed by atoms with Gasteiger partial charge in [0, 0.05) is 12.0 Å². The van der Waals surface area contributed by atoms with Crippen LogP contribution >= 0.6 is 6.64 Å². The Morgan fingerprint density at radius 2 is 2.00 bits per heavy atom. The van der Waals surface area contributed by atoms with Crippen LogP contribution in [0.3, 0.4) is 0 Å². The summed E-state index contributed by atoms with van der Waals surface area (Å²) in [4.78, 5) is 8.66. The molecule has 1 N–H and O–H groups in total. The number of hydrogen-bond donors (Lipinski definition) is 1. The van der Waals surface area contributed by atoms with E-state index in [0.717, 1.165) is 18.7 Å². The van der Waals surface area contributed by atoms with Gasteiger partial charge in [0.1, 0.15) is 5.82 Å². The fraction of sp³-hybridized carbons (Fsp3) is 0.667. The lowest BCUT2D eigenvalue weighted by molar-refractivity contribution is 0.321. The lowest BCUT2D eigenvalue weighted by Gasteiger charge is -2.22. The zero-order valence-corrected chi connectivity index (χ0v) is 12.6. The molecule has 0 saturated heterocycles. The molecule has 1 aromatic rings. The van der Waals surface area contributed by atoms with Crippen LogP contribution in [0.2, 0.25) is 0 Å². The molecule has 0 radical (unpaired) electrons. The van der Waals surface area contributed by atoms with Crippen LogP contribution in [0.15, 0.2) is 12.4 Å². The first-order chi connectivity index (χ1) is 9.18. The first kappa shape index (κ1) is 13.4. The molecule has 19 heavy (non-hydrogen) atoms. The van der Waals surface area contributed by atoms with Crippen molar-refractivity contribution >= 4 is 18.4 Å². The van der Waals surface area contributed by atoms with Gasteiger partial charge in [-0.15, -0.1) is 0 Å². The van der Waals surface area contributed by atoms with Crippen molar-refractivity contribution in [1.82, 2.24) is 15.1 Å². The summed E-state index contributed by atoms with van der Waals surface area (Å²) in [6, 6.07) is 0.448. The molecule has 1 unspecified atom stereocenters. The standard InChI is InChI=1S/C12H18N3O2PS/c1-2-16-18(19,15-10-5-6-10)17-11-7-13-12(14-8-11)9-3-4-9/h7-10H,2-6H2,1H3,(H,15,19). The SMILES string of the molecule is CCOP(=S)(NC1CC1)Oc1cnc(C2CC2)nc1. The summed E-state index contributed by atoms with van der Waals surface area (Å²) in [6.07, 6.45) is 8.09. The zero-order chi connectivity index (χ0) is 13.3. The summed E-state index contributed by atoms with van der Waals surface area (Å²) >= 11 is 5.50. The number of nitrogens with one attached hydrogen (secondary N) is 1. The zero-order valence-electron chi connectivity index (χ0n) is 10.9. The second kappa shape index (κ2) is 5.44. The van der Waals surface area contributed by atoms with E-state index in [1.54, 1.807) is 12.4 Å². The van der Waals surface area contributed by atoms with E-state index in [1.807, 2.05) is 6.92 Å². The maximum absolute atomic E-state index is 5.82. The van der Waals surface area contributed by atoms with Crippen LogP contribution in [0.4, 0.5) is 0 Å². The fourth-order valence-corrected chi connectivity index (χ4v) is 4.38. The van der Waals surface area contributed by atoms with Gasteiger partial charge < -0.3 is 9.05 Å². The van der Waals surface area contributed by atoms with E-state index in [2.05, 4.69) is 15.1 Å². The van der Waals surface area contributed by atoms with Crippen molar-refractivity contribution < 1.29 is 9.05 Å². The van der Waals surface area contributed by atoms with E-state index in [0.29, 0.717) is 24.3 Å². The summed E-state index contributed by atoms with van der Waals surface area (Å²) in [7, 11) is 0. The highest BCUT2D eigenvalue weighted by Gasteiger charge is 2.31. The third-order valence-corrected chi connectivity index (χ3v) is 5.62. The molecule has 0 aromatic carbocycles. The summed E-state index contributed by atoms with van der Waals surface area (Å²) in [5.41, 5.74) is 0. The Labute approximate surface area is 118 Å². The molecule has 0 spiro atoms. The van der Waals surface area contributed by atoms with Gasteiger partial charge in [-0.3, -0.25) is 0 Å². The summed E-state index contributed by atoms with van der Waals surface area (Å²) in [5.74, 6) is 2.05. The van der Waals surface area contributed by atoms with Gasteiger partial charge in [0.15, 0.2) is 5.75 Å². The van der Waals surface area contributed by atoms with Crippen molar-refractivity contribution in [1.29, 1.82) is 0 Å². The van der Waals surface area contributed by atoms with Gasteiger partial charge >= 0.3 is 6.64 Å². The largest absolute Gasteiger partial charge is 0.429 e. The van der Waals surface area contributed by atoms with Crippen LogP contribution in [-0.4, -0.2) is 22.6 Å². The molecule has 0 amide bonds. The predicted octanol–water partition coefficient (Wildman–Crippen LogP) is 2.75. The van der Waals surface area contributed by atoms with Crippen molar-refractivity contribution in [3.63, 3.8) is 0 Å². The minimum absolute atomic E-state index is 0.448. The second-order valence-corrected chi connectivity index (χ2v) is 8.10. The van der Waals surface area contributed by atoms with E-state index >= 15 is 0 Å². The van der Waals surface area contributed by atoms with Crippen molar-refractivity contribution in [2.24, 2.45) is 0 Å². The first-order valence-corrected chi connectivity index (χ1v) is 9.36. The van der Waals surface area contributed by atoms with E-state index in [4.69, 9.17) is 20.9 Å². The van der Waals surface area contributed by atoms with E-state index in [-0.39, 0.29) is 0 Å². The monoisotopic (exact) mass is 299 g/mol. The van der Waals surface area contributed by atoms with Crippen molar-refractivity contribution in [2.75, 3.05) is 6.61 Å². The topological polar surface area (TPSA) is 56.3 Å². The number of nitrogens with zero attached hydrogens (tertiary/aromatic N) is 2. The van der Waals surface area contributed by atoms with Gasteiger partial charge in [0.05, 0.1) is 19.0 Å². The molecule has 5 nitrogen and oxygen atoms in total. The minimum Gasteiger partial charge on any atom is -0.429 e. The molecule has 3 rings (SSSR count). The van der Waals surface area contributed by atoms with Crippen molar-refractivity contribution in [3.8, 4) is 5.75 Å². The third kappa shape index (κ3) is 3.72. The minimum atomic E-state index is -2.45. The van der Waals surface area contributed by atoms with Crippen molar-refractivity contribution in [2.45, 2.75) is 44.6 Å². The van der Waals surface area contributed by atoms with Gasteiger partial charge in [-0.2, -0.15) is 0 Å². The smallest absolute Gasteiger partial charge is 0.313 e. The van der Waals surface area contributed by atoms with Gasteiger partial charge in [0.25, 0.3) is 0 Å². The second-order valence-electron chi connectivity index (χ2n) is 4.96. The molecule has 2 fully saturated rings. The van der Waals surface area contributed by atoms with Crippen LogP contribution in [0, 0.1) is 0 Å². The molecule has 104 valence electrons. The average Bonchev–Trinajstić information content (AvgIpc) is 3.24. The average molecular weight is 299 g/mol. The highest BCUT2D eigenvalue weighted by atomic mass is 32.5.